The molecule has 3 N–H and O–H groups in total. The Morgan fingerprint density at radius 1 is 1.39 bits per heavy atom. The first kappa shape index (κ1) is 17.6. The molecule has 0 unspecified atom stereocenters. The smallest absolute Gasteiger partial charge is 0.315 e. The fourth-order valence-electron chi connectivity index (χ4n) is 2.41. The minimum absolute atomic E-state index is 0.0747. The molecule has 2 amide bonds. The number of carbonyl (C=O) groups excluding carboxylic acids is 1. The maximum atomic E-state index is 12.0. The molecular weight excluding hydrogens is 296 g/mol. The predicted octanol–water partition coefficient (Wildman–Crippen LogP) is 1.84. The second-order valence-corrected chi connectivity index (χ2v) is 6.17. The Labute approximate surface area is 137 Å². The first-order valence-corrected chi connectivity index (χ1v) is 8.08. The van der Waals surface area contributed by atoms with Gasteiger partial charge in [-0.25, -0.2) is 4.79 Å². The van der Waals surface area contributed by atoms with Crippen LogP contribution in [0.2, 0.25) is 0 Å². The van der Waals surface area contributed by atoms with Gasteiger partial charge in [0.1, 0.15) is 5.75 Å². The van der Waals surface area contributed by atoms with Gasteiger partial charge in [-0.15, -0.1) is 0 Å². The Kier molecular flexibility index (Phi) is 6.67. The van der Waals surface area contributed by atoms with Crippen LogP contribution in [0.3, 0.4) is 0 Å². The first-order chi connectivity index (χ1) is 11.1. The largest absolute Gasteiger partial charge is 0.493 e. The molecule has 1 aromatic carbocycles. The van der Waals surface area contributed by atoms with E-state index in [2.05, 4.69) is 10.6 Å². The van der Waals surface area contributed by atoms with Crippen LogP contribution >= 0.6 is 0 Å². The van der Waals surface area contributed by atoms with Crippen molar-refractivity contribution in [1.29, 1.82) is 0 Å². The number of nitrogens with one attached hydrogen (secondary N) is 2. The Bertz CT molecular complexity index is 507. The molecule has 1 aliphatic heterocycles. The van der Waals surface area contributed by atoms with Gasteiger partial charge in [-0.1, -0.05) is 32.0 Å². The monoisotopic (exact) mass is 322 g/mol. The highest BCUT2D eigenvalue weighted by Gasteiger charge is 2.22. The van der Waals surface area contributed by atoms with Crippen LogP contribution in [0.25, 0.3) is 0 Å². The summed E-state index contributed by atoms with van der Waals surface area (Å²) in [5.74, 6) is 1.23. The first-order valence-electron chi connectivity index (χ1n) is 8.08. The number of hydrogen-bond donors (Lipinski definition) is 3. The average Bonchev–Trinajstić information content (AvgIpc) is 2.53. The van der Waals surface area contributed by atoms with Gasteiger partial charge in [0.2, 0.25) is 0 Å². The van der Waals surface area contributed by atoms with Gasteiger partial charge in [-0.2, -0.15) is 0 Å². The number of aliphatic hydroxyl groups excluding tert-OH is 1. The molecule has 0 aromatic heterocycles. The van der Waals surface area contributed by atoms with E-state index in [1.807, 2.05) is 38.1 Å². The van der Waals surface area contributed by atoms with E-state index in [1.165, 1.54) is 0 Å². The predicted molar refractivity (Wildman–Crippen MR) is 87.5 cm³/mol. The third-order valence-corrected chi connectivity index (χ3v) is 3.52. The Hall–Kier alpha value is -1.79. The zero-order chi connectivity index (χ0) is 16.7. The van der Waals surface area contributed by atoms with Gasteiger partial charge in [0.15, 0.2) is 0 Å². The molecule has 0 aliphatic carbocycles. The quantitative estimate of drug-likeness (QED) is 0.716. The summed E-state index contributed by atoms with van der Waals surface area (Å²) in [6.45, 7) is 5.65. The van der Waals surface area contributed by atoms with E-state index in [-0.39, 0.29) is 25.2 Å². The molecule has 23 heavy (non-hydrogen) atoms. The topological polar surface area (TPSA) is 79.8 Å². The van der Waals surface area contributed by atoms with Crippen LogP contribution in [-0.4, -0.2) is 43.6 Å². The van der Waals surface area contributed by atoms with Crippen LogP contribution in [-0.2, 0) is 4.74 Å². The van der Waals surface area contributed by atoms with E-state index < -0.39 is 6.10 Å². The Balaban J connectivity index is 1.73. The van der Waals surface area contributed by atoms with Crippen molar-refractivity contribution in [2.24, 2.45) is 5.92 Å². The number of benzene rings is 1. The summed E-state index contributed by atoms with van der Waals surface area (Å²) in [6, 6.07) is 7.32. The fraction of sp³-hybridized carbons (Fsp3) is 0.588. The molecule has 0 bridgehead atoms. The Morgan fingerprint density at radius 3 is 2.96 bits per heavy atom. The minimum atomic E-state index is -0.707. The summed E-state index contributed by atoms with van der Waals surface area (Å²) >= 11 is 0. The number of hydrogen-bond acceptors (Lipinski definition) is 4. The number of ether oxygens (including phenoxy) is 2. The fourth-order valence-corrected chi connectivity index (χ4v) is 2.41. The average molecular weight is 322 g/mol. The molecule has 128 valence electrons. The van der Waals surface area contributed by atoms with E-state index in [1.54, 1.807) is 0 Å². The molecule has 0 saturated carbocycles. The lowest BCUT2D eigenvalue weighted by molar-refractivity contribution is 0.0272. The summed E-state index contributed by atoms with van der Waals surface area (Å²) in [5.41, 5.74) is 0.981. The van der Waals surface area contributed by atoms with Gasteiger partial charge in [0.05, 0.1) is 25.4 Å². The third-order valence-electron chi connectivity index (χ3n) is 3.52. The standard InChI is InChI=1S/C17H26N2O4/c1-12(2)10-22-11-13(20)9-18-17(21)19-15-7-8-23-16-6-4-3-5-14(15)16/h3-6,12-13,15,20H,7-11H2,1-2H3,(H2,18,19,21)/t13-,15+/m1/s1. The molecule has 2 rings (SSSR count). The summed E-state index contributed by atoms with van der Waals surface area (Å²) in [5, 5.41) is 15.4. The van der Waals surface area contributed by atoms with Crippen molar-refractivity contribution in [3.63, 3.8) is 0 Å². The second kappa shape index (κ2) is 8.74. The van der Waals surface area contributed by atoms with E-state index in [0.717, 1.165) is 17.7 Å². The van der Waals surface area contributed by atoms with Crippen LogP contribution < -0.4 is 15.4 Å². The van der Waals surface area contributed by atoms with Crippen molar-refractivity contribution in [3.8, 4) is 5.75 Å². The van der Waals surface area contributed by atoms with Crippen molar-refractivity contribution >= 4 is 6.03 Å². The lowest BCUT2D eigenvalue weighted by atomic mass is 10.0. The van der Waals surface area contributed by atoms with Gasteiger partial charge in [-0.05, 0) is 12.0 Å². The van der Waals surface area contributed by atoms with E-state index >= 15 is 0 Å². The van der Waals surface area contributed by atoms with Crippen LogP contribution in [0.4, 0.5) is 4.79 Å². The lowest BCUT2D eigenvalue weighted by Gasteiger charge is -2.26. The molecule has 1 aliphatic rings. The molecular formula is C17H26N2O4. The Morgan fingerprint density at radius 2 is 2.17 bits per heavy atom. The molecule has 6 heteroatoms. The number of urea groups is 1. The zero-order valence-corrected chi connectivity index (χ0v) is 13.7. The lowest BCUT2D eigenvalue weighted by Crippen LogP contribution is -2.43. The molecule has 0 spiro atoms. The van der Waals surface area contributed by atoms with E-state index in [9.17, 15) is 9.90 Å². The summed E-state index contributed by atoms with van der Waals surface area (Å²) in [4.78, 5) is 12.0. The molecule has 1 aromatic rings. The van der Waals surface area contributed by atoms with Gasteiger partial charge in [0.25, 0.3) is 0 Å². The van der Waals surface area contributed by atoms with Crippen LogP contribution in [0.5, 0.6) is 5.75 Å². The van der Waals surface area contributed by atoms with E-state index in [4.69, 9.17) is 9.47 Å². The minimum Gasteiger partial charge on any atom is -0.493 e. The number of fused-ring (bicyclic) bond motifs is 1. The third kappa shape index (κ3) is 5.73. The van der Waals surface area contributed by atoms with Crippen molar-refractivity contribution in [1.82, 2.24) is 10.6 Å². The van der Waals surface area contributed by atoms with Crippen LogP contribution in [0.15, 0.2) is 24.3 Å². The molecule has 0 fully saturated rings. The second-order valence-electron chi connectivity index (χ2n) is 6.17. The van der Waals surface area contributed by atoms with Crippen LogP contribution in [0.1, 0.15) is 31.9 Å². The summed E-state index contributed by atoms with van der Waals surface area (Å²) in [6.07, 6.45) is 0.0197. The molecule has 6 nitrogen and oxygen atoms in total. The summed E-state index contributed by atoms with van der Waals surface area (Å²) < 4.78 is 10.9. The SMILES string of the molecule is CC(C)COC[C@H](O)CNC(=O)N[C@H]1CCOc2ccccc21. The normalized spacial score (nSPS) is 18.0. The number of amides is 2. The van der Waals surface area contributed by atoms with Gasteiger partial charge < -0.3 is 25.2 Å². The molecule has 1 heterocycles. The van der Waals surface area contributed by atoms with Gasteiger partial charge in [-0.3, -0.25) is 0 Å². The molecule has 2 atom stereocenters. The highest BCUT2D eigenvalue weighted by atomic mass is 16.5. The number of para-hydroxylation sites is 1. The molecule has 0 radical (unpaired) electrons. The zero-order valence-electron chi connectivity index (χ0n) is 13.7. The van der Waals surface area contributed by atoms with Gasteiger partial charge in [0, 0.05) is 25.1 Å². The van der Waals surface area contributed by atoms with Gasteiger partial charge >= 0.3 is 6.03 Å². The van der Waals surface area contributed by atoms with Crippen LogP contribution in [0, 0.1) is 5.92 Å². The van der Waals surface area contributed by atoms with E-state index in [0.29, 0.717) is 19.1 Å². The van der Waals surface area contributed by atoms with Crippen molar-refractivity contribution in [2.75, 3.05) is 26.4 Å². The number of carbonyl (C=O) groups is 1. The molecule has 0 saturated heterocycles. The highest BCUT2D eigenvalue weighted by molar-refractivity contribution is 5.74. The number of rotatable bonds is 7. The van der Waals surface area contributed by atoms with Crippen molar-refractivity contribution < 1.29 is 19.4 Å². The maximum Gasteiger partial charge on any atom is 0.315 e. The summed E-state index contributed by atoms with van der Waals surface area (Å²) in [7, 11) is 0. The maximum absolute atomic E-state index is 12.0. The number of aliphatic hydroxyl groups is 1. The highest BCUT2D eigenvalue weighted by Crippen LogP contribution is 2.31. The van der Waals surface area contributed by atoms with Crippen molar-refractivity contribution in [2.45, 2.75) is 32.4 Å². The van der Waals surface area contributed by atoms with Crippen molar-refractivity contribution in [3.05, 3.63) is 29.8 Å².